The second-order valence-electron chi connectivity index (χ2n) is 4.07. The third-order valence-electron chi connectivity index (χ3n) is 2.52. The van der Waals surface area contributed by atoms with Crippen molar-refractivity contribution in [2.75, 3.05) is 0 Å². The molecule has 0 aliphatic heterocycles. The summed E-state index contributed by atoms with van der Waals surface area (Å²) in [5.74, 6) is -1.03. The van der Waals surface area contributed by atoms with Gasteiger partial charge in [0.05, 0.1) is 4.47 Å². The minimum atomic E-state index is -1.06. The van der Waals surface area contributed by atoms with E-state index in [1.54, 1.807) is 12.1 Å². The molecule has 0 saturated carbocycles. The van der Waals surface area contributed by atoms with Crippen LogP contribution in [0.1, 0.15) is 35.9 Å². The maximum atomic E-state index is 11.2. The normalized spacial score (nSPS) is 11.4. The summed E-state index contributed by atoms with van der Waals surface area (Å²) < 4.78 is 6.06. The van der Waals surface area contributed by atoms with E-state index in [1.807, 2.05) is 13.8 Å². The molecular weight excluding hydrogens is 307 g/mol. The molecule has 0 atom stereocenters. The number of fused-ring (bicyclic) bond motifs is 1. The van der Waals surface area contributed by atoms with Crippen LogP contribution in [0.2, 0.25) is 5.02 Å². The van der Waals surface area contributed by atoms with Gasteiger partial charge in [-0.2, -0.15) is 0 Å². The van der Waals surface area contributed by atoms with Crippen molar-refractivity contribution < 1.29 is 14.3 Å². The second-order valence-corrected chi connectivity index (χ2v) is 5.36. The molecule has 0 fully saturated rings. The molecule has 1 aromatic heterocycles. The second kappa shape index (κ2) is 4.35. The number of benzene rings is 1. The SMILES string of the molecule is CC(C)c1c(C(=O)O)oc2c(Br)cc(Cl)cc12. The Morgan fingerprint density at radius 1 is 1.47 bits per heavy atom. The lowest BCUT2D eigenvalue weighted by molar-refractivity contribution is 0.0662. The number of hydrogen-bond donors (Lipinski definition) is 1. The molecule has 0 aliphatic rings. The summed E-state index contributed by atoms with van der Waals surface area (Å²) in [6.07, 6.45) is 0. The monoisotopic (exact) mass is 316 g/mol. The van der Waals surface area contributed by atoms with E-state index in [-0.39, 0.29) is 11.7 Å². The van der Waals surface area contributed by atoms with E-state index in [0.29, 0.717) is 20.6 Å². The third kappa shape index (κ3) is 2.07. The minimum absolute atomic E-state index is 0.0158. The highest BCUT2D eigenvalue weighted by atomic mass is 79.9. The van der Waals surface area contributed by atoms with Crippen LogP contribution in [-0.2, 0) is 0 Å². The van der Waals surface area contributed by atoms with Crippen molar-refractivity contribution in [2.45, 2.75) is 19.8 Å². The summed E-state index contributed by atoms with van der Waals surface area (Å²) in [4.78, 5) is 11.2. The van der Waals surface area contributed by atoms with Crippen LogP contribution < -0.4 is 0 Å². The van der Waals surface area contributed by atoms with Crippen LogP contribution in [0, 0.1) is 0 Å². The Morgan fingerprint density at radius 2 is 2.12 bits per heavy atom. The van der Waals surface area contributed by atoms with Crippen LogP contribution in [0.5, 0.6) is 0 Å². The van der Waals surface area contributed by atoms with Crippen LogP contribution in [0.25, 0.3) is 11.0 Å². The number of carboxylic acids is 1. The molecule has 2 aromatic rings. The topological polar surface area (TPSA) is 50.4 Å². The molecule has 0 aliphatic carbocycles. The van der Waals surface area contributed by atoms with Gasteiger partial charge in [-0.25, -0.2) is 4.79 Å². The van der Waals surface area contributed by atoms with Crippen molar-refractivity contribution in [1.29, 1.82) is 0 Å². The standard InChI is InChI=1S/C12H10BrClO3/c1-5(2)9-7-3-6(14)4-8(13)10(7)17-11(9)12(15)16/h3-5H,1-2H3,(H,15,16). The molecule has 0 spiro atoms. The van der Waals surface area contributed by atoms with Crippen molar-refractivity contribution in [3.8, 4) is 0 Å². The van der Waals surface area contributed by atoms with E-state index in [1.165, 1.54) is 0 Å². The average molecular weight is 318 g/mol. The molecule has 1 heterocycles. The highest BCUT2D eigenvalue weighted by Gasteiger charge is 2.23. The quantitative estimate of drug-likeness (QED) is 0.875. The van der Waals surface area contributed by atoms with E-state index in [2.05, 4.69) is 15.9 Å². The Kier molecular flexibility index (Phi) is 3.19. The van der Waals surface area contributed by atoms with Gasteiger partial charge in [-0.1, -0.05) is 25.4 Å². The fourth-order valence-corrected chi connectivity index (χ4v) is 2.77. The van der Waals surface area contributed by atoms with Crippen LogP contribution in [0.15, 0.2) is 21.0 Å². The lowest BCUT2D eigenvalue weighted by Crippen LogP contribution is -2.00. The van der Waals surface area contributed by atoms with Gasteiger partial charge in [-0.05, 0) is 34.0 Å². The maximum absolute atomic E-state index is 11.2. The Hall–Kier alpha value is -1.00. The Morgan fingerprint density at radius 3 is 2.65 bits per heavy atom. The summed E-state index contributed by atoms with van der Waals surface area (Å²) in [6, 6.07) is 3.41. The van der Waals surface area contributed by atoms with Gasteiger partial charge < -0.3 is 9.52 Å². The summed E-state index contributed by atoms with van der Waals surface area (Å²) in [7, 11) is 0. The molecule has 0 bridgehead atoms. The van der Waals surface area contributed by atoms with Crippen molar-refractivity contribution in [2.24, 2.45) is 0 Å². The molecule has 2 rings (SSSR count). The van der Waals surface area contributed by atoms with Gasteiger partial charge in [0, 0.05) is 16.0 Å². The van der Waals surface area contributed by atoms with Gasteiger partial charge in [0.1, 0.15) is 5.58 Å². The van der Waals surface area contributed by atoms with Crippen LogP contribution in [0.3, 0.4) is 0 Å². The van der Waals surface area contributed by atoms with E-state index in [4.69, 9.17) is 21.1 Å². The van der Waals surface area contributed by atoms with E-state index in [9.17, 15) is 4.79 Å². The number of carboxylic acid groups (broad SMARTS) is 1. The largest absolute Gasteiger partial charge is 0.475 e. The number of halogens is 2. The fourth-order valence-electron chi connectivity index (χ4n) is 1.88. The zero-order chi connectivity index (χ0) is 12.7. The zero-order valence-corrected chi connectivity index (χ0v) is 11.6. The Bertz CT molecular complexity index is 601. The van der Waals surface area contributed by atoms with Crippen LogP contribution in [-0.4, -0.2) is 11.1 Å². The van der Waals surface area contributed by atoms with Gasteiger partial charge in [0.15, 0.2) is 0 Å². The van der Waals surface area contributed by atoms with Crippen molar-refractivity contribution in [3.63, 3.8) is 0 Å². The van der Waals surface area contributed by atoms with Gasteiger partial charge in [-0.15, -0.1) is 0 Å². The van der Waals surface area contributed by atoms with Crippen molar-refractivity contribution in [3.05, 3.63) is 33.0 Å². The highest BCUT2D eigenvalue weighted by Crippen LogP contribution is 2.37. The first-order valence-electron chi connectivity index (χ1n) is 5.06. The van der Waals surface area contributed by atoms with Crippen LogP contribution >= 0.6 is 27.5 Å². The number of rotatable bonds is 2. The number of furan rings is 1. The molecule has 0 unspecified atom stereocenters. The molecule has 1 aromatic carbocycles. The molecule has 0 radical (unpaired) electrons. The maximum Gasteiger partial charge on any atom is 0.372 e. The van der Waals surface area contributed by atoms with Gasteiger partial charge in [0.2, 0.25) is 5.76 Å². The predicted octanol–water partition coefficient (Wildman–Crippen LogP) is 4.67. The van der Waals surface area contributed by atoms with E-state index in [0.717, 1.165) is 5.39 Å². The van der Waals surface area contributed by atoms with Crippen molar-refractivity contribution >= 4 is 44.5 Å². The van der Waals surface area contributed by atoms with Crippen molar-refractivity contribution in [1.82, 2.24) is 0 Å². The molecule has 0 saturated heterocycles. The zero-order valence-electron chi connectivity index (χ0n) is 9.25. The summed E-state index contributed by atoms with van der Waals surface area (Å²) in [5.41, 5.74) is 1.20. The lowest BCUT2D eigenvalue weighted by Gasteiger charge is -2.03. The molecule has 90 valence electrons. The van der Waals surface area contributed by atoms with Crippen LogP contribution in [0.4, 0.5) is 0 Å². The minimum Gasteiger partial charge on any atom is -0.475 e. The smallest absolute Gasteiger partial charge is 0.372 e. The first-order valence-corrected chi connectivity index (χ1v) is 6.23. The summed E-state index contributed by atoms with van der Waals surface area (Å²) >= 11 is 9.29. The van der Waals surface area contributed by atoms with E-state index >= 15 is 0 Å². The molecule has 17 heavy (non-hydrogen) atoms. The highest BCUT2D eigenvalue weighted by molar-refractivity contribution is 9.10. The number of aromatic carboxylic acids is 1. The summed E-state index contributed by atoms with van der Waals surface area (Å²) in [6.45, 7) is 3.84. The molecule has 5 heteroatoms. The molecule has 3 nitrogen and oxygen atoms in total. The lowest BCUT2D eigenvalue weighted by atomic mass is 9.99. The van der Waals surface area contributed by atoms with Gasteiger partial charge in [0.25, 0.3) is 0 Å². The first-order chi connectivity index (χ1) is 7.91. The molecular formula is C12H10BrClO3. The molecule has 1 N–H and O–H groups in total. The average Bonchev–Trinajstić information content (AvgIpc) is 2.56. The number of hydrogen-bond acceptors (Lipinski definition) is 2. The van der Waals surface area contributed by atoms with E-state index < -0.39 is 5.97 Å². The number of carbonyl (C=O) groups is 1. The Labute approximate surface area is 111 Å². The predicted molar refractivity (Wildman–Crippen MR) is 70.0 cm³/mol. The molecule has 0 amide bonds. The summed E-state index contributed by atoms with van der Waals surface area (Å²) in [5, 5.41) is 10.4. The van der Waals surface area contributed by atoms with Gasteiger partial charge in [-0.3, -0.25) is 0 Å². The first kappa shape index (κ1) is 12.5. The fraction of sp³-hybridized carbons (Fsp3) is 0.250. The Balaban J connectivity index is 2.90. The van der Waals surface area contributed by atoms with Gasteiger partial charge >= 0.3 is 5.97 Å². The third-order valence-corrected chi connectivity index (χ3v) is 3.33.